The van der Waals surface area contributed by atoms with Gasteiger partial charge in [-0.2, -0.15) is 13.2 Å². The van der Waals surface area contributed by atoms with Crippen molar-refractivity contribution in [1.29, 1.82) is 0 Å². The molecule has 1 saturated heterocycles. The van der Waals surface area contributed by atoms with Crippen LogP contribution in [0.1, 0.15) is 29.0 Å². The van der Waals surface area contributed by atoms with Crippen LogP contribution in [0.2, 0.25) is 5.02 Å². The van der Waals surface area contributed by atoms with Crippen molar-refractivity contribution in [3.05, 3.63) is 81.8 Å². The lowest BCUT2D eigenvalue weighted by Gasteiger charge is -2.25. The highest BCUT2D eigenvalue weighted by atomic mass is 35.5. The van der Waals surface area contributed by atoms with E-state index in [1.54, 1.807) is 36.3 Å². The Morgan fingerprint density at radius 3 is 2.62 bits per heavy atom. The highest BCUT2D eigenvalue weighted by Gasteiger charge is 2.39. The molecule has 42 heavy (non-hydrogen) atoms. The Balaban J connectivity index is 1.45. The standard InChI is InChI=1S/C27H27ClF3N7O4/c1-42-15-19-5-4-12-35(19)25(40)20-6-2-3-7-21(20)38-16-32-23(33-38)14-37-26(41)36(13-22(39)27(29,30)31)24(34-37)17-8-10-18(28)11-9-17/h2-3,6-11,16,19,22,39H,4-5,12-15H2,1H3/t19-,22-/m0/s1. The van der Waals surface area contributed by atoms with Crippen molar-refractivity contribution in [1.82, 2.24) is 34.0 Å². The number of rotatable bonds is 9. The van der Waals surface area contributed by atoms with E-state index in [1.165, 1.54) is 35.3 Å². The van der Waals surface area contributed by atoms with Crippen LogP contribution in [0.5, 0.6) is 0 Å². The van der Waals surface area contributed by atoms with Gasteiger partial charge in [0.05, 0.1) is 30.4 Å². The number of nitrogens with zero attached hydrogens (tertiary/aromatic N) is 7. The summed E-state index contributed by atoms with van der Waals surface area (Å²) >= 11 is 5.94. The monoisotopic (exact) mass is 605 g/mol. The minimum atomic E-state index is -4.94. The zero-order chi connectivity index (χ0) is 30.0. The maximum atomic E-state index is 13.5. The Kier molecular flexibility index (Phi) is 8.48. The van der Waals surface area contributed by atoms with E-state index in [0.29, 0.717) is 35.0 Å². The van der Waals surface area contributed by atoms with E-state index in [0.717, 1.165) is 22.1 Å². The molecule has 0 aliphatic carbocycles. The minimum absolute atomic E-state index is 0.0328. The fraction of sp³-hybridized carbons (Fsp3) is 0.370. The van der Waals surface area contributed by atoms with E-state index < -0.39 is 24.5 Å². The maximum absolute atomic E-state index is 13.5. The molecule has 0 radical (unpaired) electrons. The molecular weight excluding hydrogens is 579 g/mol. The second kappa shape index (κ2) is 12.1. The number of hydrogen-bond acceptors (Lipinski definition) is 7. The number of likely N-dealkylation sites (tertiary alicyclic amines) is 1. The number of amides is 1. The topological polar surface area (TPSA) is 120 Å². The van der Waals surface area contributed by atoms with Crippen molar-refractivity contribution >= 4 is 17.5 Å². The fourth-order valence-corrected chi connectivity index (χ4v) is 5.02. The molecule has 2 aromatic carbocycles. The number of para-hydroxylation sites is 1. The Labute approximate surface area is 242 Å². The second-order valence-corrected chi connectivity index (χ2v) is 10.2. The summed E-state index contributed by atoms with van der Waals surface area (Å²) in [4.78, 5) is 32.7. The number of ether oxygens (including phenoxy) is 1. The molecule has 11 nitrogen and oxygen atoms in total. The average molecular weight is 606 g/mol. The number of hydrogen-bond donors (Lipinski definition) is 1. The van der Waals surface area contributed by atoms with Crippen LogP contribution in [0.3, 0.4) is 0 Å². The molecule has 15 heteroatoms. The van der Waals surface area contributed by atoms with E-state index in [2.05, 4.69) is 15.2 Å². The van der Waals surface area contributed by atoms with Crippen molar-refractivity contribution in [3.63, 3.8) is 0 Å². The summed E-state index contributed by atoms with van der Waals surface area (Å²) < 4.78 is 47.8. The summed E-state index contributed by atoms with van der Waals surface area (Å²) in [5.74, 6) is -0.138. The second-order valence-electron chi connectivity index (χ2n) is 9.81. The number of aliphatic hydroxyl groups excluding tert-OH is 1. The van der Waals surface area contributed by atoms with Crippen LogP contribution >= 0.6 is 11.6 Å². The molecule has 1 aliphatic heterocycles. The summed E-state index contributed by atoms with van der Waals surface area (Å²) in [5, 5.41) is 18.7. The summed E-state index contributed by atoms with van der Waals surface area (Å²) in [6.07, 6.45) is -4.64. The maximum Gasteiger partial charge on any atom is 0.416 e. The average Bonchev–Trinajstić information content (AvgIpc) is 3.69. The van der Waals surface area contributed by atoms with Crippen LogP contribution in [-0.4, -0.2) is 83.6 Å². The lowest BCUT2D eigenvalue weighted by Crippen LogP contribution is -2.38. The van der Waals surface area contributed by atoms with Gasteiger partial charge in [0.25, 0.3) is 5.91 Å². The molecule has 222 valence electrons. The lowest BCUT2D eigenvalue weighted by molar-refractivity contribution is -0.207. The summed E-state index contributed by atoms with van der Waals surface area (Å²) in [6, 6.07) is 12.9. The molecule has 5 rings (SSSR count). The summed E-state index contributed by atoms with van der Waals surface area (Å²) in [6.45, 7) is -0.299. The quantitative estimate of drug-likeness (QED) is 0.311. The first kappa shape index (κ1) is 29.5. The Bertz CT molecular complexity index is 1620. The molecule has 1 fully saturated rings. The highest BCUT2D eigenvalue weighted by molar-refractivity contribution is 6.30. The molecule has 0 spiro atoms. The molecule has 1 aliphatic rings. The third-order valence-corrected chi connectivity index (χ3v) is 7.22. The molecule has 3 heterocycles. The first-order valence-electron chi connectivity index (χ1n) is 13.0. The van der Waals surface area contributed by atoms with Crippen LogP contribution in [0.25, 0.3) is 17.1 Å². The van der Waals surface area contributed by atoms with Crippen LogP contribution in [0, 0.1) is 0 Å². The van der Waals surface area contributed by atoms with Gasteiger partial charge in [0.2, 0.25) is 0 Å². The first-order valence-corrected chi connectivity index (χ1v) is 13.4. The molecule has 4 aromatic rings. The highest BCUT2D eigenvalue weighted by Crippen LogP contribution is 2.25. The first-order chi connectivity index (χ1) is 20.1. The molecule has 0 saturated carbocycles. The largest absolute Gasteiger partial charge is 0.416 e. The van der Waals surface area contributed by atoms with Gasteiger partial charge >= 0.3 is 11.9 Å². The minimum Gasteiger partial charge on any atom is -0.383 e. The molecule has 1 N–H and O–H groups in total. The predicted molar refractivity (Wildman–Crippen MR) is 145 cm³/mol. The third kappa shape index (κ3) is 6.10. The van der Waals surface area contributed by atoms with Gasteiger partial charge in [-0.25, -0.2) is 19.1 Å². The van der Waals surface area contributed by atoms with Gasteiger partial charge in [-0.15, -0.1) is 10.2 Å². The van der Waals surface area contributed by atoms with E-state index in [4.69, 9.17) is 16.3 Å². The fourth-order valence-electron chi connectivity index (χ4n) is 4.90. The zero-order valence-electron chi connectivity index (χ0n) is 22.4. The lowest BCUT2D eigenvalue weighted by atomic mass is 10.1. The van der Waals surface area contributed by atoms with E-state index in [1.807, 2.05) is 0 Å². The number of alkyl halides is 3. The number of methoxy groups -OCH3 is 1. The molecule has 0 unspecified atom stereocenters. The van der Waals surface area contributed by atoms with Crippen molar-refractivity contribution < 1.29 is 27.8 Å². The smallest absolute Gasteiger partial charge is 0.383 e. The van der Waals surface area contributed by atoms with Crippen LogP contribution in [0.4, 0.5) is 13.2 Å². The van der Waals surface area contributed by atoms with Crippen molar-refractivity contribution in [2.24, 2.45) is 0 Å². The van der Waals surface area contributed by atoms with Gasteiger partial charge in [-0.05, 0) is 49.2 Å². The van der Waals surface area contributed by atoms with Gasteiger partial charge in [0.1, 0.15) is 12.9 Å². The number of halogens is 4. The van der Waals surface area contributed by atoms with Gasteiger partial charge < -0.3 is 14.7 Å². The third-order valence-electron chi connectivity index (χ3n) is 6.97. The van der Waals surface area contributed by atoms with Gasteiger partial charge in [-0.1, -0.05) is 23.7 Å². The molecule has 2 atom stereocenters. The molecule has 0 bridgehead atoms. The van der Waals surface area contributed by atoms with Crippen molar-refractivity contribution in [2.75, 3.05) is 20.3 Å². The van der Waals surface area contributed by atoms with E-state index >= 15 is 0 Å². The Morgan fingerprint density at radius 1 is 1.17 bits per heavy atom. The number of aromatic nitrogens is 6. The number of aliphatic hydroxyl groups is 1. The Hall–Kier alpha value is -4.01. The van der Waals surface area contributed by atoms with Gasteiger partial charge in [0, 0.05) is 24.2 Å². The molecule has 1 amide bonds. The van der Waals surface area contributed by atoms with E-state index in [9.17, 15) is 27.9 Å². The number of carbonyl (C=O) groups is 1. The van der Waals surface area contributed by atoms with Crippen LogP contribution < -0.4 is 5.69 Å². The van der Waals surface area contributed by atoms with E-state index in [-0.39, 0.29) is 30.1 Å². The number of benzene rings is 2. The SMILES string of the molecule is COC[C@@H]1CCCN1C(=O)c1ccccc1-n1cnc(Cn2nc(-c3ccc(Cl)cc3)n(C[C@H](O)C(F)(F)F)c2=O)n1. The number of carbonyl (C=O) groups excluding carboxylic acids is 1. The van der Waals surface area contributed by atoms with Crippen molar-refractivity contribution in [3.8, 4) is 17.1 Å². The van der Waals surface area contributed by atoms with Crippen LogP contribution in [0.15, 0.2) is 59.7 Å². The molecular formula is C27H27ClF3N7O4. The molecule has 2 aromatic heterocycles. The normalized spacial score (nSPS) is 16.2. The summed E-state index contributed by atoms with van der Waals surface area (Å²) in [5.41, 5.74) is 0.305. The predicted octanol–water partition coefficient (Wildman–Crippen LogP) is 3.17. The van der Waals surface area contributed by atoms with Gasteiger partial charge in [-0.3, -0.25) is 9.36 Å². The van der Waals surface area contributed by atoms with Gasteiger partial charge in [0.15, 0.2) is 17.8 Å². The van der Waals surface area contributed by atoms with Crippen LogP contribution in [-0.2, 0) is 17.8 Å². The van der Waals surface area contributed by atoms with Crippen molar-refractivity contribution in [2.45, 2.75) is 44.3 Å². The summed E-state index contributed by atoms with van der Waals surface area (Å²) in [7, 11) is 1.59. The zero-order valence-corrected chi connectivity index (χ0v) is 23.2. The Morgan fingerprint density at radius 2 is 1.90 bits per heavy atom.